The lowest BCUT2D eigenvalue weighted by molar-refractivity contribution is -0.131. The molecule has 1 aliphatic heterocycles. The van der Waals surface area contributed by atoms with E-state index in [4.69, 9.17) is 0 Å². The van der Waals surface area contributed by atoms with Crippen LogP contribution >= 0.6 is 0 Å². The summed E-state index contributed by atoms with van der Waals surface area (Å²) in [4.78, 5) is 14.0. The summed E-state index contributed by atoms with van der Waals surface area (Å²) in [5.74, 6) is 0.223. The van der Waals surface area contributed by atoms with Crippen molar-refractivity contribution in [3.8, 4) is 0 Å². The summed E-state index contributed by atoms with van der Waals surface area (Å²) in [6, 6.07) is 2.01. The second-order valence-corrected chi connectivity index (χ2v) is 5.09. The molecule has 1 saturated heterocycles. The first-order chi connectivity index (χ1) is 9.31. The number of hydrogen-bond donors (Lipinski definition) is 1. The Morgan fingerprint density at radius 1 is 1.37 bits per heavy atom. The Morgan fingerprint density at radius 3 is 2.89 bits per heavy atom. The average molecular weight is 264 g/mol. The maximum absolute atomic E-state index is 12.0. The van der Waals surface area contributed by atoms with Crippen molar-refractivity contribution in [2.75, 3.05) is 19.6 Å². The van der Waals surface area contributed by atoms with Crippen LogP contribution in [0.25, 0.3) is 0 Å². The molecule has 106 valence electrons. The Hall–Kier alpha value is -1.36. The van der Waals surface area contributed by atoms with Crippen LogP contribution in [0.2, 0.25) is 0 Å². The molecule has 5 nitrogen and oxygen atoms in total. The van der Waals surface area contributed by atoms with E-state index >= 15 is 0 Å². The molecule has 0 radical (unpaired) electrons. The van der Waals surface area contributed by atoms with Gasteiger partial charge in [0.15, 0.2) is 0 Å². The van der Waals surface area contributed by atoms with Gasteiger partial charge < -0.3 is 10.2 Å². The van der Waals surface area contributed by atoms with Crippen LogP contribution in [-0.4, -0.2) is 40.2 Å². The summed E-state index contributed by atoms with van der Waals surface area (Å²) in [6.07, 6.45) is 6.44. The zero-order valence-electron chi connectivity index (χ0n) is 11.8. The summed E-state index contributed by atoms with van der Waals surface area (Å²) < 4.78 is 2.00. The van der Waals surface area contributed by atoms with E-state index in [0.717, 1.165) is 44.6 Å². The van der Waals surface area contributed by atoms with Gasteiger partial charge in [0.05, 0.1) is 12.2 Å². The summed E-state index contributed by atoms with van der Waals surface area (Å²) >= 11 is 0. The number of aromatic nitrogens is 2. The van der Waals surface area contributed by atoms with Crippen LogP contribution in [0, 0.1) is 0 Å². The molecule has 1 N–H and O–H groups in total. The van der Waals surface area contributed by atoms with E-state index in [2.05, 4.69) is 17.3 Å². The average Bonchev–Trinajstić information content (AvgIpc) is 2.88. The molecule has 2 heterocycles. The number of nitrogens with one attached hydrogen (secondary N) is 1. The zero-order chi connectivity index (χ0) is 13.5. The summed E-state index contributed by atoms with van der Waals surface area (Å²) in [6.45, 7) is 6.06. The van der Waals surface area contributed by atoms with Crippen LogP contribution in [0.3, 0.4) is 0 Å². The molecule has 1 aliphatic rings. The SMILES string of the molecule is CCCn1nccc1CNCC(=O)N1CCCCC1. The first kappa shape index (κ1) is 14.1. The predicted octanol–water partition coefficient (Wildman–Crippen LogP) is 1.40. The van der Waals surface area contributed by atoms with Crippen molar-refractivity contribution >= 4 is 5.91 Å². The van der Waals surface area contributed by atoms with Crippen molar-refractivity contribution in [1.82, 2.24) is 20.0 Å². The highest BCUT2D eigenvalue weighted by Gasteiger charge is 2.15. The van der Waals surface area contributed by atoms with Gasteiger partial charge in [-0.25, -0.2) is 0 Å². The third-order valence-electron chi connectivity index (χ3n) is 3.53. The van der Waals surface area contributed by atoms with Crippen LogP contribution in [0.5, 0.6) is 0 Å². The lowest BCUT2D eigenvalue weighted by atomic mass is 10.1. The number of carbonyl (C=O) groups excluding carboxylic acids is 1. The first-order valence-corrected chi connectivity index (χ1v) is 7.30. The standard InChI is InChI=1S/C14H24N4O/c1-2-8-18-13(6-7-16-18)11-15-12-14(19)17-9-4-3-5-10-17/h6-7,15H,2-5,8-12H2,1H3. The fraction of sp³-hybridized carbons (Fsp3) is 0.714. The molecule has 2 rings (SSSR count). The maximum Gasteiger partial charge on any atom is 0.236 e. The lowest BCUT2D eigenvalue weighted by Crippen LogP contribution is -2.41. The van der Waals surface area contributed by atoms with Gasteiger partial charge in [-0.1, -0.05) is 6.92 Å². The Balaban J connectivity index is 1.73. The van der Waals surface area contributed by atoms with Crippen molar-refractivity contribution < 1.29 is 4.79 Å². The molecule has 19 heavy (non-hydrogen) atoms. The number of nitrogens with zero attached hydrogens (tertiary/aromatic N) is 3. The Labute approximate surface area is 115 Å². The first-order valence-electron chi connectivity index (χ1n) is 7.30. The quantitative estimate of drug-likeness (QED) is 0.845. The summed E-state index contributed by atoms with van der Waals surface area (Å²) in [7, 11) is 0. The molecule has 0 aromatic carbocycles. The molecule has 5 heteroatoms. The molecule has 0 unspecified atom stereocenters. The van der Waals surface area contributed by atoms with Gasteiger partial charge in [-0.3, -0.25) is 9.48 Å². The largest absolute Gasteiger partial charge is 0.342 e. The zero-order valence-corrected chi connectivity index (χ0v) is 11.8. The highest BCUT2D eigenvalue weighted by molar-refractivity contribution is 5.78. The monoisotopic (exact) mass is 264 g/mol. The number of carbonyl (C=O) groups is 1. The van der Waals surface area contributed by atoms with Gasteiger partial charge in [-0.15, -0.1) is 0 Å². The molecular formula is C14H24N4O. The fourth-order valence-electron chi connectivity index (χ4n) is 2.48. The van der Waals surface area contributed by atoms with Gasteiger partial charge in [0.25, 0.3) is 0 Å². The van der Waals surface area contributed by atoms with Gasteiger partial charge in [-0.2, -0.15) is 5.10 Å². The molecule has 1 aromatic rings. The fourth-order valence-corrected chi connectivity index (χ4v) is 2.48. The van der Waals surface area contributed by atoms with Crippen molar-refractivity contribution in [3.63, 3.8) is 0 Å². The molecule has 0 aliphatic carbocycles. The highest BCUT2D eigenvalue weighted by atomic mass is 16.2. The normalized spacial score (nSPS) is 15.7. The smallest absolute Gasteiger partial charge is 0.236 e. The van der Waals surface area contributed by atoms with Crippen LogP contribution in [0.1, 0.15) is 38.3 Å². The molecular weight excluding hydrogens is 240 g/mol. The minimum Gasteiger partial charge on any atom is -0.342 e. The van der Waals surface area contributed by atoms with Gasteiger partial charge in [-0.05, 0) is 31.7 Å². The van der Waals surface area contributed by atoms with E-state index in [9.17, 15) is 4.79 Å². The number of likely N-dealkylation sites (tertiary alicyclic amines) is 1. The maximum atomic E-state index is 12.0. The molecule has 1 aromatic heterocycles. The third-order valence-corrected chi connectivity index (χ3v) is 3.53. The van der Waals surface area contributed by atoms with E-state index < -0.39 is 0 Å². The van der Waals surface area contributed by atoms with E-state index in [1.54, 1.807) is 0 Å². The number of hydrogen-bond acceptors (Lipinski definition) is 3. The topological polar surface area (TPSA) is 50.2 Å². The summed E-state index contributed by atoms with van der Waals surface area (Å²) in [5, 5.41) is 7.51. The molecule has 1 fully saturated rings. The van der Waals surface area contributed by atoms with Crippen LogP contribution in [0.15, 0.2) is 12.3 Å². The van der Waals surface area contributed by atoms with Crippen molar-refractivity contribution in [2.24, 2.45) is 0 Å². The number of piperidine rings is 1. The van der Waals surface area contributed by atoms with Crippen LogP contribution < -0.4 is 5.32 Å². The molecule has 0 spiro atoms. The van der Waals surface area contributed by atoms with E-state index in [1.165, 1.54) is 6.42 Å². The number of rotatable bonds is 6. The van der Waals surface area contributed by atoms with Crippen LogP contribution in [0.4, 0.5) is 0 Å². The van der Waals surface area contributed by atoms with Gasteiger partial charge in [0.2, 0.25) is 5.91 Å². The lowest BCUT2D eigenvalue weighted by Gasteiger charge is -2.26. The minimum absolute atomic E-state index is 0.223. The molecule has 0 saturated carbocycles. The molecule has 0 atom stereocenters. The van der Waals surface area contributed by atoms with Gasteiger partial charge in [0, 0.05) is 32.4 Å². The predicted molar refractivity (Wildman–Crippen MR) is 74.7 cm³/mol. The molecule has 1 amide bonds. The van der Waals surface area contributed by atoms with E-state index in [1.807, 2.05) is 21.8 Å². The Bertz CT molecular complexity index is 396. The minimum atomic E-state index is 0.223. The van der Waals surface area contributed by atoms with Gasteiger partial charge >= 0.3 is 0 Å². The van der Waals surface area contributed by atoms with Crippen molar-refractivity contribution in [1.29, 1.82) is 0 Å². The van der Waals surface area contributed by atoms with E-state index in [0.29, 0.717) is 13.1 Å². The second-order valence-electron chi connectivity index (χ2n) is 5.09. The Morgan fingerprint density at radius 2 is 2.16 bits per heavy atom. The Kier molecular flexibility index (Phi) is 5.39. The van der Waals surface area contributed by atoms with Crippen molar-refractivity contribution in [2.45, 2.75) is 45.7 Å². The number of aryl methyl sites for hydroxylation is 1. The highest BCUT2D eigenvalue weighted by Crippen LogP contribution is 2.08. The third kappa shape index (κ3) is 4.06. The number of amides is 1. The second kappa shape index (κ2) is 7.28. The van der Waals surface area contributed by atoms with Crippen molar-refractivity contribution in [3.05, 3.63) is 18.0 Å². The molecule has 0 bridgehead atoms. The summed E-state index contributed by atoms with van der Waals surface area (Å²) in [5.41, 5.74) is 1.15. The van der Waals surface area contributed by atoms with E-state index in [-0.39, 0.29) is 5.91 Å². The van der Waals surface area contributed by atoms with Crippen LogP contribution in [-0.2, 0) is 17.9 Å². The van der Waals surface area contributed by atoms with Gasteiger partial charge in [0.1, 0.15) is 0 Å².